The molecule has 0 spiro atoms. The van der Waals surface area contributed by atoms with Gasteiger partial charge in [-0.3, -0.25) is 0 Å². The summed E-state index contributed by atoms with van der Waals surface area (Å²) in [6.07, 6.45) is 13.2. The lowest BCUT2D eigenvalue weighted by Crippen LogP contribution is -2.25. The minimum absolute atomic E-state index is 0.164. The predicted octanol–water partition coefficient (Wildman–Crippen LogP) is 11.4. The number of fused-ring (bicyclic) bond motifs is 3. The molecule has 0 bridgehead atoms. The summed E-state index contributed by atoms with van der Waals surface area (Å²) in [4.78, 5) is 4.14. The molecule has 182 valence electrons. The fourth-order valence-corrected chi connectivity index (χ4v) is 7.86. The van der Waals surface area contributed by atoms with E-state index in [4.69, 9.17) is 0 Å². The first-order valence-corrected chi connectivity index (χ1v) is 15.3. The lowest BCUT2D eigenvalue weighted by Gasteiger charge is -2.33. The van der Waals surface area contributed by atoms with Crippen LogP contribution in [-0.2, 0) is 5.41 Å². The van der Waals surface area contributed by atoms with E-state index in [1.165, 1.54) is 95.5 Å². The van der Waals surface area contributed by atoms with Gasteiger partial charge in [0.05, 0.1) is 0 Å². The zero-order valence-corrected chi connectivity index (χ0v) is 22.9. The van der Waals surface area contributed by atoms with Crippen molar-refractivity contribution >= 4 is 22.7 Å². The van der Waals surface area contributed by atoms with Crippen molar-refractivity contribution in [2.75, 3.05) is 0 Å². The van der Waals surface area contributed by atoms with Crippen LogP contribution >= 0.6 is 22.7 Å². The van der Waals surface area contributed by atoms with E-state index >= 15 is 0 Å². The van der Waals surface area contributed by atoms with Gasteiger partial charge in [0.15, 0.2) is 0 Å². The van der Waals surface area contributed by atoms with Gasteiger partial charge in [-0.25, -0.2) is 0 Å². The van der Waals surface area contributed by atoms with Gasteiger partial charge < -0.3 is 0 Å². The van der Waals surface area contributed by atoms with E-state index in [1.807, 2.05) is 22.7 Å². The summed E-state index contributed by atoms with van der Waals surface area (Å²) in [5, 5.41) is 2.17. The van der Waals surface area contributed by atoms with Crippen molar-refractivity contribution in [1.82, 2.24) is 0 Å². The van der Waals surface area contributed by atoms with Crippen molar-refractivity contribution in [2.24, 2.45) is 0 Å². The van der Waals surface area contributed by atoms with Crippen LogP contribution < -0.4 is 0 Å². The van der Waals surface area contributed by atoms with Crippen molar-refractivity contribution < 1.29 is 0 Å². The molecule has 2 aromatic heterocycles. The third-order valence-electron chi connectivity index (χ3n) is 7.84. The molecule has 0 saturated heterocycles. The third-order valence-corrected chi connectivity index (χ3v) is 10.0. The van der Waals surface area contributed by atoms with E-state index in [0.717, 1.165) is 0 Å². The third kappa shape index (κ3) is 4.93. The molecular weight excluding hydrogens is 460 g/mol. The second-order valence-electron chi connectivity index (χ2n) is 10.2. The van der Waals surface area contributed by atoms with Crippen LogP contribution in [0.15, 0.2) is 72.1 Å². The summed E-state index contributed by atoms with van der Waals surface area (Å²) in [5.74, 6) is 0. The SMILES string of the molecule is CCCCCCC1(CCCCCC)c2ccccc2-c2ccc(-c3ccc(-c4cccs4)s3)cc21. The predicted molar refractivity (Wildman–Crippen MR) is 157 cm³/mol. The van der Waals surface area contributed by atoms with Gasteiger partial charge >= 0.3 is 0 Å². The maximum absolute atomic E-state index is 2.57. The highest BCUT2D eigenvalue weighted by Gasteiger charge is 2.42. The van der Waals surface area contributed by atoms with Gasteiger partial charge in [-0.2, -0.15) is 0 Å². The Morgan fingerprint density at radius 1 is 0.600 bits per heavy atom. The largest absolute Gasteiger partial charge is 0.143 e. The van der Waals surface area contributed by atoms with Crippen LogP contribution in [0, 0.1) is 0 Å². The Kier molecular flexibility index (Phi) is 7.90. The van der Waals surface area contributed by atoms with Crippen LogP contribution in [0.1, 0.15) is 89.2 Å². The van der Waals surface area contributed by atoms with Crippen molar-refractivity contribution in [3.05, 3.63) is 83.2 Å². The molecule has 35 heavy (non-hydrogen) atoms. The van der Waals surface area contributed by atoms with Crippen LogP contribution in [-0.4, -0.2) is 0 Å². The molecule has 2 heterocycles. The number of rotatable bonds is 12. The van der Waals surface area contributed by atoms with Crippen molar-refractivity contribution in [1.29, 1.82) is 0 Å². The van der Waals surface area contributed by atoms with E-state index in [2.05, 4.69) is 86.0 Å². The van der Waals surface area contributed by atoms with Crippen LogP contribution in [0.5, 0.6) is 0 Å². The summed E-state index contributed by atoms with van der Waals surface area (Å²) in [7, 11) is 0. The molecule has 0 radical (unpaired) electrons. The van der Waals surface area contributed by atoms with Crippen molar-refractivity contribution in [3.8, 4) is 31.3 Å². The maximum atomic E-state index is 2.57. The van der Waals surface area contributed by atoms with Crippen molar-refractivity contribution in [3.63, 3.8) is 0 Å². The maximum Gasteiger partial charge on any atom is 0.0449 e. The fraction of sp³-hybridized carbons (Fsp3) is 0.394. The molecule has 1 aliphatic carbocycles. The monoisotopic (exact) mass is 498 g/mol. The highest BCUT2D eigenvalue weighted by Crippen LogP contribution is 2.55. The minimum atomic E-state index is 0.164. The molecule has 0 fully saturated rings. The standard InChI is InChI=1S/C33H38S2/c1-3-5-7-11-21-33(22-12-8-6-4-2)28-15-10-9-14-26(28)27-18-17-25(24-29(27)33)30-19-20-32(35-30)31-16-13-23-34-31/h9-10,13-20,23-24H,3-8,11-12,21-22H2,1-2H3. The summed E-state index contributed by atoms with van der Waals surface area (Å²) < 4.78 is 0. The Morgan fingerprint density at radius 2 is 1.31 bits per heavy atom. The molecule has 0 atom stereocenters. The van der Waals surface area contributed by atoms with Gasteiger partial charge in [-0.15, -0.1) is 22.7 Å². The summed E-state index contributed by atoms with van der Waals surface area (Å²) in [6, 6.07) is 25.7. The Balaban J connectivity index is 1.55. The van der Waals surface area contributed by atoms with Gasteiger partial charge in [0, 0.05) is 20.0 Å². The Morgan fingerprint density at radius 3 is 2.03 bits per heavy atom. The van der Waals surface area contributed by atoms with E-state index in [9.17, 15) is 0 Å². The Labute approximate surface area is 220 Å². The first kappa shape index (κ1) is 24.5. The van der Waals surface area contributed by atoms with Crippen molar-refractivity contribution in [2.45, 2.75) is 83.5 Å². The Hall–Kier alpha value is -2.16. The molecule has 2 heteroatoms. The normalized spacial score (nSPS) is 13.7. The molecule has 0 unspecified atom stereocenters. The second-order valence-corrected chi connectivity index (χ2v) is 12.2. The molecule has 2 aromatic carbocycles. The lowest BCUT2D eigenvalue weighted by molar-refractivity contribution is 0.401. The van der Waals surface area contributed by atoms with Crippen LogP contribution in [0.3, 0.4) is 0 Å². The summed E-state index contributed by atoms with van der Waals surface area (Å²) in [5.41, 5.74) is 7.68. The van der Waals surface area contributed by atoms with E-state index in [0.29, 0.717) is 0 Å². The fourth-order valence-electron chi connectivity index (χ4n) is 6.02. The molecular formula is C33H38S2. The number of hydrogen-bond acceptors (Lipinski definition) is 2. The number of hydrogen-bond donors (Lipinski definition) is 0. The average Bonchev–Trinajstić information content (AvgIpc) is 3.64. The molecule has 1 aliphatic rings. The van der Waals surface area contributed by atoms with Gasteiger partial charge in [-0.05, 0) is 70.3 Å². The summed E-state index contributed by atoms with van der Waals surface area (Å²) in [6.45, 7) is 4.64. The highest BCUT2D eigenvalue weighted by molar-refractivity contribution is 7.23. The van der Waals surface area contributed by atoms with Gasteiger partial charge in [-0.1, -0.05) is 108 Å². The van der Waals surface area contributed by atoms with Gasteiger partial charge in [0.25, 0.3) is 0 Å². The number of unbranched alkanes of at least 4 members (excludes halogenated alkanes) is 6. The molecule has 4 aromatic rings. The zero-order valence-electron chi connectivity index (χ0n) is 21.3. The van der Waals surface area contributed by atoms with Crippen LogP contribution in [0.25, 0.3) is 31.3 Å². The van der Waals surface area contributed by atoms with Gasteiger partial charge in [0.1, 0.15) is 0 Å². The highest BCUT2D eigenvalue weighted by atomic mass is 32.1. The molecule has 0 saturated carbocycles. The molecule has 0 nitrogen and oxygen atoms in total. The molecule has 5 rings (SSSR count). The number of benzene rings is 2. The minimum Gasteiger partial charge on any atom is -0.143 e. The molecule has 0 aliphatic heterocycles. The van der Waals surface area contributed by atoms with E-state index < -0.39 is 0 Å². The average molecular weight is 499 g/mol. The Bertz CT molecular complexity index is 1220. The zero-order chi connectivity index (χ0) is 24.1. The van der Waals surface area contributed by atoms with E-state index in [1.54, 1.807) is 11.1 Å². The molecule has 0 amide bonds. The first-order chi connectivity index (χ1) is 17.3. The smallest absolute Gasteiger partial charge is 0.0449 e. The van der Waals surface area contributed by atoms with Gasteiger partial charge in [0.2, 0.25) is 0 Å². The van der Waals surface area contributed by atoms with Crippen LogP contribution in [0.2, 0.25) is 0 Å². The summed E-state index contributed by atoms with van der Waals surface area (Å²) >= 11 is 3.76. The van der Waals surface area contributed by atoms with Crippen LogP contribution in [0.4, 0.5) is 0 Å². The first-order valence-electron chi connectivity index (χ1n) is 13.7. The quantitative estimate of drug-likeness (QED) is 0.170. The number of thiophene rings is 2. The molecule has 0 N–H and O–H groups in total. The lowest BCUT2D eigenvalue weighted by atomic mass is 9.70. The topological polar surface area (TPSA) is 0 Å². The second kappa shape index (κ2) is 11.3. The van der Waals surface area contributed by atoms with E-state index in [-0.39, 0.29) is 5.41 Å².